The first-order valence-electron chi connectivity index (χ1n) is 9.25. The molecule has 29 heavy (non-hydrogen) atoms. The highest BCUT2D eigenvalue weighted by molar-refractivity contribution is 6.33. The lowest BCUT2D eigenvalue weighted by molar-refractivity contribution is 0.0978. The van der Waals surface area contributed by atoms with Crippen LogP contribution in [0.3, 0.4) is 0 Å². The van der Waals surface area contributed by atoms with E-state index < -0.39 is 11.7 Å². The molecule has 4 nitrogen and oxygen atoms in total. The number of nitrogens with two attached hydrogens (primary N) is 1. The number of rotatable bonds is 3. The molecule has 0 fully saturated rings. The number of amides is 2. The van der Waals surface area contributed by atoms with Gasteiger partial charge in [-0.1, -0.05) is 29.8 Å². The van der Waals surface area contributed by atoms with Crippen LogP contribution in [0.5, 0.6) is 0 Å². The lowest BCUT2D eigenvalue weighted by Gasteiger charge is -2.30. The van der Waals surface area contributed by atoms with Crippen LogP contribution >= 0.6 is 11.6 Å². The van der Waals surface area contributed by atoms with Gasteiger partial charge < -0.3 is 10.6 Å². The fraction of sp³-hybridized carbons (Fsp3) is 0.130. The molecule has 0 radical (unpaired) electrons. The first-order chi connectivity index (χ1) is 14.0. The maximum Gasteiger partial charge on any atom is 0.261 e. The highest BCUT2D eigenvalue weighted by atomic mass is 35.5. The average molecular weight is 409 g/mol. The summed E-state index contributed by atoms with van der Waals surface area (Å²) in [6.45, 7) is 0.525. The molecule has 0 aliphatic carbocycles. The second-order valence-corrected chi connectivity index (χ2v) is 7.35. The molecule has 0 saturated heterocycles. The Morgan fingerprint density at radius 2 is 1.83 bits per heavy atom. The predicted octanol–water partition coefficient (Wildman–Crippen LogP) is 4.84. The molecule has 2 N–H and O–H groups in total. The highest BCUT2D eigenvalue weighted by Crippen LogP contribution is 2.35. The Bertz CT molecular complexity index is 1130. The van der Waals surface area contributed by atoms with E-state index in [-0.39, 0.29) is 11.5 Å². The summed E-state index contributed by atoms with van der Waals surface area (Å²) in [5, 5.41) is 0.505. The van der Waals surface area contributed by atoms with E-state index in [0.717, 1.165) is 29.7 Å². The highest BCUT2D eigenvalue weighted by Gasteiger charge is 2.25. The number of anilines is 1. The largest absolute Gasteiger partial charge is 0.366 e. The van der Waals surface area contributed by atoms with Gasteiger partial charge in [0.1, 0.15) is 5.82 Å². The number of nitrogens with zero attached hydrogens (tertiary/aromatic N) is 1. The Balaban J connectivity index is 1.73. The van der Waals surface area contributed by atoms with Crippen molar-refractivity contribution in [2.24, 2.45) is 5.73 Å². The molecule has 3 aromatic rings. The van der Waals surface area contributed by atoms with E-state index >= 15 is 0 Å². The van der Waals surface area contributed by atoms with Crippen molar-refractivity contribution in [3.63, 3.8) is 0 Å². The number of fused-ring (bicyclic) bond motifs is 1. The molecule has 1 aliphatic rings. The van der Waals surface area contributed by atoms with Crippen LogP contribution in [0.15, 0.2) is 60.7 Å². The number of benzene rings is 3. The minimum atomic E-state index is -0.531. The zero-order chi connectivity index (χ0) is 20.5. The van der Waals surface area contributed by atoms with Crippen molar-refractivity contribution in [3.8, 4) is 11.1 Å². The topological polar surface area (TPSA) is 63.4 Å². The number of primary amides is 1. The summed E-state index contributed by atoms with van der Waals surface area (Å²) in [5.74, 6) is -1.41. The Kier molecular flexibility index (Phi) is 5.07. The molecule has 1 aliphatic heterocycles. The minimum absolute atomic E-state index is 0.0571. The number of aryl methyl sites for hydroxylation is 1. The SMILES string of the molecule is NC(=O)c1ccc(Cl)c(-c2ccc3c(c2)CCCN3C(=O)c2ccccc2F)c1. The molecule has 2 amide bonds. The third-order valence-electron chi connectivity index (χ3n) is 5.11. The van der Waals surface area contributed by atoms with Crippen LogP contribution in [-0.4, -0.2) is 18.4 Å². The van der Waals surface area contributed by atoms with Crippen molar-refractivity contribution in [2.75, 3.05) is 11.4 Å². The summed E-state index contributed by atoms with van der Waals surface area (Å²) in [6, 6.07) is 16.5. The van der Waals surface area contributed by atoms with Gasteiger partial charge >= 0.3 is 0 Å². The van der Waals surface area contributed by atoms with Crippen LogP contribution in [0.1, 0.15) is 32.7 Å². The summed E-state index contributed by atoms with van der Waals surface area (Å²) < 4.78 is 14.1. The van der Waals surface area contributed by atoms with E-state index in [1.165, 1.54) is 12.1 Å². The van der Waals surface area contributed by atoms with Gasteiger partial charge in [-0.05, 0) is 66.4 Å². The van der Waals surface area contributed by atoms with Crippen LogP contribution < -0.4 is 10.6 Å². The number of hydrogen-bond acceptors (Lipinski definition) is 2. The summed E-state index contributed by atoms with van der Waals surface area (Å²) in [5.41, 5.74) is 9.07. The molecule has 1 heterocycles. The molecule has 146 valence electrons. The molecule has 0 unspecified atom stereocenters. The lowest BCUT2D eigenvalue weighted by Crippen LogP contribution is -2.36. The minimum Gasteiger partial charge on any atom is -0.366 e. The molecular weight excluding hydrogens is 391 g/mol. The first kappa shape index (κ1) is 19.2. The second kappa shape index (κ2) is 7.68. The molecular formula is C23H18ClFN2O2. The summed E-state index contributed by atoms with van der Waals surface area (Å²) >= 11 is 6.34. The van der Waals surface area contributed by atoms with Crippen LogP contribution in [0.4, 0.5) is 10.1 Å². The van der Waals surface area contributed by atoms with Crippen LogP contribution in [0.25, 0.3) is 11.1 Å². The van der Waals surface area contributed by atoms with Crippen LogP contribution in [0, 0.1) is 5.82 Å². The number of hydrogen-bond donors (Lipinski definition) is 1. The molecule has 0 aromatic heterocycles. The molecule has 0 bridgehead atoms. The van der Waals surface area contributed by atoms with E-state index in [4.69, 9.17) is 17.3 Å². The van der Waals surface area contributed by atoms with Crippen LogP contribution in [-0.2, 0) is 6.42 Å². The van der Waals surface area contributed by atoms with Crippen molar-refractivity contribution in [1.29, 1.82) is 0 Å². The third kappa shape index (κ3) is 3.61. The van der Waals surface area contributed by atoms with Gasteiger partial charge in [0.15, 0.2) is 0 Å². The molecule has 6 heteroatoms. The molecule has 0 spiro atoms. The normalized spacial score (nSPS) is 13.1. The van der Waals surface area contributed by atoms with Crippen molar-refractivity contribution < 1.29 is 14.0 Å². The van der Waals surface area contributed by atoms with Gasteiger partial charge in [0.25, 0.3) is 5.91 Å². The Labute approximate surface area is 172 Å². The third-order valence-corrected chi connectivity index (χ3v) is 5.44. The smallest absolute Gasteiger partial charge is 0.261 e. The molecule has 0 saturated carbocycles. The number of carbonyl (C=O) groups is 2. The van der Waals surface area contributed by atoms with E-state index in [1.807, 2.05) is 18.2 Å². The number of halogens is 2. The lowest BCUT2D eigenvalue weighted by atomic mass is 9.95. The van der Waals surface area contributed by atoms with E-state index in [9.17, 15) is 14.0 Å². The first-order valence-corrected chi connectivity index (χ1v) is 9.62. The standard InChI is InChI=1S/C23H18ClFN2O2/c24-19-9-7-16(22(26)28)13-18(19)14-8-10-21-15(12-14)4-3-11-27(21)23(29)17-5-1-2-6-20(17)25/h1-2,5-10,12-13H,3-4,11H2,(H2,26,28). The van der Waals surface area contributed by atoms with E-state index in [0.29, 0.717) is 22.7 Å². The zero-order valence-corrected chi connectivity index (χ0v) is 16.2. The summed E-state index contributed by atoms with van der Waals surface area (Å²) in [4.78, 5) is 26.1. The van der Waals surface area contributed by atoms with Gasteiger partial charge in [-0.15, -0.1) is 0 Å². The Morgan fingerprint density at radius 3 is 2.59 bits per heavy atom. The van der Waals surface area contributed by atoms with Gasteiger partial charge in [-0.2, -0.15) is 0 Å². The Hall–Kier alpha value is -3.18. The van der Waals surface area contributed by atoms with E-state index in [1.54, 1.807) is 35.2 Å². The van der Waals surface area contributed by atoms with Gasteiger partial charge in [-0.25, -0.2) is 4.39 Å². The maximum atomic E-state index is 14.1. The maximum absolute atomic E-state index is 14.1. The fourth-order valence-corrected chi connectivity index (χ4v) is 3.88. The van der Waals surface area contributed by atoms with Crippen molar-refractivity contribution in [3.05, 3.63) is 88.2 Å². The van der Waals surface area contributed by atoms with E-state index in [2.05, 4.69) is 0 Å². The van der Waals surface area contributed by atoms with Crippen molar-refractivity contribution in [2.45, 2.75) is 12.8 Å². The average Bonchev–Trinajstić information content (AvgIpc) is 2.73. The van der Waals surface area contributed by atoms with Crippen LogP contribution in [0.2, 0.25) is 5.02 Å². The zero-order valence-electron chi connectivity index (χ0n) is 15.5. The molecule has 3 aromatic carbocycles. The summed E-state index contributed by atoms with van der Waals surface area (Å²) in [7, 11) is 0. The predicted molar refractivity (Wildman–Crippen MR) is 112 cm³/mol. The second-order valence-electron chi connectivity index (χ2n) is 6.94. The van der Waals surface area contributed by atoms with Crippen molar-refractivity contribution in [1.82, 2.24) is 0 Å². The van der Waals surface area contributed by atoms with Gasteiger partial charge in [0, 0.05) is 28.4 Å². The quantitative estimate of drug-likeness (QED) is 0.674. The van der Waals surface area contributed by atoms with Gasteiger partial charge in [-0.3, -0.25) is 9.59 Å². The van der Waals surface area contributed by atoms with Gasteiger partial charge in [0.2, 0.25) is 5.91 Å². The molecule has 0 atom stereocenters. The summed E-state index contributed by atoms with van der Waals surface area (Å²) in [6.07, 6.45) is 1.56. The Morgan fingerprint density at radius 1 is 1.03 bits per heavy atom. The monoisotopic (exact) mass is 408 g/mol. The number of carbonyl (C=O) groups excluding carboxylic acids is 2. The molecule has 4 rings (SSSR count). The van der Waals surface area contributed by atoms with Crippen molar-refractivity contribution >= 4 is 29.1 Å². The van der Waals surface area contributed by atoms with Gasteiger partial charge in [0.05, 0.1) is 5.56 Å². The fourth-order valence-electron chi connectivity index (χ4n) is 3.66.